The number of phenols is 1. The maximum absolute atomic E-state index is 14.0. The van der Waals surface area contributed by atoms with Gasteiger partial charge < -0.3 is 31.1 Å². The van der Waals surface area contributed by atoms with Crippen molar-refractivity contribution in [2.75, 3.05) is 47.3 Å². The van der Waals surface area contributed by atoms with Gasteiger partial charge in [0.2, 0.25) is 5.78 Å². The van der Waals surface area contributed by atoms with E-state index in [9.17, 15) is 34.8 Å². The van der Waals surface area contributed by atoms with Crippen LogP contribution in [-0.4, -0.2) is 112 Å². The average Bonchev–Trinajstić information content (AvgIpc) is 2.96. The third-order valence-electron chi connectivity index (χ3n) is 9.87. The fourth-order valence-corrected chi connectivity index (χ4v) is 7.57. The van der Waals surface area contributed by atoms with Crippen molar-refractivity contribution < 1.29 is 34.8 Å². The lowest BCUT2D eigenvalue weighted by atomic mass is 9.57. The zero-order valence-corrected chi connectivity index (χ0v) is 25.1. The van der Waals surface area contributed by atoms with E-state index >= 15 is 0 Å². The number of rotatable bonds is 5. The molecule has 4 aliphatic rings. The van der Waals surface area contributed by atoms with Gasteiger partial charge in [-0.25, -0.2) is 0 Å². The van der Waals surface area contributed by atoms with Crippen LogP contribution in [0.3, 0.4) is 0 Å². The number of aliphatic hydroxyl groups is 3. The van der Waals surface area contributed by atoms with Crippen LogP contribution in [0.25, 0.3) is 16.9 Å². The molecular formula is C34H42N4O7. The molecule has 45 heavy (non-hydrogen) atoms. The predicted molar refractivity (Wildman–Crippen MR) is 169 cm³/mol. The van der Waals surface area contributed by atoms with Crippen LogP contribution in [0.15, 0.2) is 53.3 Å². The van der Waals surface area contributed by atoms with E-state index in [1.54, 1.807) is 20.2 Å². The number of amides is 1. The van der Waals surface area contributed by atoms with Gasteiger partial charge in [-0.1, -0.05) is 37.8 Å². The van der Waals surface area contributed by atoms with Gasteiger partial charge in [0.05, 0.1) is 11.6 Å². The normalized spacial score (nSPS) is 27.2. The van der Waals surface area contributed by atoms with Gasteiger partial charge in [-0.2, -0.15) is 0 Å². The summed E-state index contributed by atoms with van der Waals surface area (Å²) in [6.07, 6.45) is 0.284. The number of aromatic hydroxyl groups is 1. The minimum atomic E-state index is -2.66. The quantitative estimate of drug-likeness (QED) is 0.313. The summed E-state index contributed by atoms with van der Waals surface area (Å²) in [5, 5.41) is 45.2. The highest BCUT2D eigenvalue weighted by Gasteiger charge is 2.64. The number of nitrogens with zero attached hydrogens (tertiary/aromatic N) is 3. The minimum Gasteiger partial charge on any atom is -0.508 e. The molecule has 4 atom stereocenters. The Bertz CT molecular complexity index is 1620. The third-order valence-corrected chi connectivity index (χ3v) is 9.87. The lowest BCUT2D eigenvalue weighted by Gasteiger charge is -2.50. The summed E-state index contributed by atoms with van der Waals surface area (Å²) in [5.41, 5.74) is 5.31. The van der Waals surface area contributed by atoms with Crippen molar-refractivity contribution >= 4 is 23.2 Å². The second kappa shape index (κ2) is 11.7. The zero-order chi connectivity index (χ0) is 31.7. The molecule has 6 rings (SSSR count). The monoisotopic (exact) mass is 618 g/mol. The van der Waals surface area contributed by atoms with Gasteiger partial charge in [-0.15, -0.1) is 0 Å². The van der Waals surface area contributed by atoms with Gasteiger partial charge in [-0.05, 0) is 68.2 Å². The fraction of sp³-hybridized carbons (Fsp3) is 0.441. The topological polar surface area (TPSA) is 168 Å². The first-order chi connectivity index (χ1) is 20.8. The Kier molecular flexibility index (Phi) is 8.43. The summed E-state index contributed by atoms with van der Waals surface area (Å²) in [6, 6.07) is 10.3. The van der Waals surface area contributed by atoms with Gasteiger partial charge in [-0.3, -0.25) is 24.2 Å². The number of Topliss-reactive ketones (excluding diaryl/α,β-unsaturated/α-hetero) is 2. The number of likely N-dealkylation sites (N-methyl/N-ethyl adjacent to an activating group) is 2. The number of nitrogens with two attached hydrogens (primary N) is 1. The zero-order valence-electron chi connectivity index (χ0n) is 25.1. The van der Waals surface area contributed by atoms with E-state index in [-0.39, 0.29) is 37.2 Å². The molecule has 1 amide bonds. The first-order valence-electron chi connectivity index (χ1n) is 14.8. The standard InChI is InChI=1S/C33H38N4O7.CH4/c1-35(2)27-22-15-19-14-21-20(18-6-4-17(5-7-18)16-37-12-10-36(3)11-13-37)8-9-23(38)25(21)28(39)24(19)30(41)33(22,44)31(42)26(29(27)40)32(34)43;/h4-9,19,22,27,38-39,42,44H,10-16H2,1-3H3,(H2,34,43);1H4/t19-,22-,27-,33-;/m0./s1. The number of hydrogen-bond acceptors (Lipinski definition) is 10. The Balaban J connectivity index is 0.00000400. The smallest absolute Gasteiger partial charge is 0.255 e. The van der Waals surface area contributed by atoms with Crippen molar-refractivity contribution in [3.05, 3.63) is 70.0 Å². The second-order valence-electron chi connectivity index (χ2n) is 12.7. The number of carbonyl (C=O) groups excluding carboxylic acids is 3. The molecule has 0 bridgehead atoms. The molecule has 1 saturated carbocycles. The molecule has 1 heterocycles. The highest BCUT2D eigenvalue weighted by Crippen LogP contribution is 2.53. The van der Waals surface area contributed by atoms with E-state index in [0.29, 0.717) is 5.56 Å². The molecule has 1 aliphatic heterocycles. The van der Waals surface area contributed by atoms with Gasteiger partial charge >= 0.3 is 0 Å². The molecule has 3 aliphatic carbocycles. The number of hydrogen-bond donors (Lipinski definition) is 5. The number of phenolic OH excluding ortho intramolecular Hbond substituents is 1. The Morgan fingerprint density at radius 2 is 1.67 bits per heavy atom. The van der Waals surface area contributed by atoms with E-state index in [1.165, 1.54) is 16.5 Å². The highest BCUT2D eigenvalue weighted by atomic mass is 16.3. The molecule has 11 nitrogen and oxygen atoms in total. The maximum Gasteiger partial charge on any atom is 0.255 e. The maximum atomic E-state index is 14.0. The molecule has 0 unspecified atom stereocenters. The molecule has 2 aromatic rings. The molecule has 0 radical (unpaired) electrons. The van der Waals surface area contributed by atoms with Gasteiger partial charge in [0, 0.05) is 44.2 Å². The van der Waals surface area contributed by atoms with Crippen LogP contribution in [-0.2, 0) is 27.3 Å². The lowest BCUT2D eigenvalue weighted by Crippen LogP contribution is -2.65. The molecule has 240 valence electrons. The average molecular weight is 619 g/mol. The summed E-state index contributed by atoms with van der Waals surface area (Å²) in [7, 11) is 5.29. The van der Waals surface area contributed by atoms with Crippen LogP contribution in [0.5, 0.6) is 5.75 Å². The van der Waals surface area contributed by atoms with Crippen molar-refractivity contribution in [1.82, 2.24) is 14.7 Å². The predicted octanol–water partition coefficient (Wildman–Crippen LogP) is 2.01. The van der Waals surface area contributed by atoms with Crippen LogP contribution >= 0.6 is 0 Å². The molecule has 11 heteroatoms. The molecular weight excluding hydrogens is 576 g/mol. The SMILES string of the molecule is C.CN1CCN(Cc2ccc(-c3ccc(O)c4c3C[C@H]3C[C@H]5[C@H](N(C)C)C(=O)C(C(N)=O)=C(O)[C@@]5(O)C(=O)C3=C4O)cc2)CC1. The van der Waals surface area contributed by atoms with E-state index in [4.69, 9.17) is 5.73 Å². The van der Waals surface area contributed by atoms with E-state index in [1.807, 2.05) is 12.1 Å². The number of piperazine rings is 1. The van der Waals surface area contributed by atoms with E-state index < -0.39 is 58.0 Å². The lowest BCUT2D eigenvalue weighted by molar-refractivity contribution is -0.153. The largest absolute Gasteiger partial charge is 0.508 e. The second-order valence-corrected chi connectivity index (χ2v) is 12.7. The van der Waals surface area contributed by atoms with Crippen LogP contribution < -0.4 is 5.73 Å². The molecule has 2 aromatic carbocycles. The molecule has 0 aromatic heterocycles. The number of fused-ring (bicyclic) bond motifs is 3. The van der Waals surface area contributed by atoms with Crippen LogP contribution in [0.2, 0.25) is 0 Å². The van der Waals surface area contributed by atoms with Crippen molar-refractivity contribution in [1.29, 1.82) is 0 Å². The summed E-state index contributed by atoms with van der Waals surface area (Å²) in [5.74, 6) is -6.61. The Hall–Kier alpha value is -4.03. The first kappa shape index (κ1) is 32.4. The van der Waals surface area contributed by atoms with Gasteiger partial charge in [0.1, 0.15) is 22.8 Å². The molecule has 6 N–H and O–H groups in total. The fourth-order valence-electron chi connectivity index (χ4n) is 7.57. The molecule has 0 spiro atoms. The number of benzene rings is 2. The van der Waals surface area contributed by atoms with Gasteiger partial charge in [0.25, 0.3) is 5.91 Å². The number of aliphatic hydroxyl groups excluding tert-OH is 2. The van der Waals surface area contributed by atoms with Crippen molar-refractivity contribution in [3.63, 3.8) is 0 Å². The summed E-state index contributed by atoms with van der Waals surface area (Å²) in [4.78, 5) is 45.8. The van der Waals surface area contributed by atoms with Crippen LogP contribution in [0, 0.1) is 11.8 Å². The first-order valence-corrected chi connectivity index (χ1v) is 14.8. The summed E-state index contributed by atoms with van der Waals surface area (Å²) >= 11 is 0. The van der Waals surface area contributed by atoms with Crippen molar-refractivity contribution in [3.8, 4) is 16.9 Å². The summed E-state index contributed by atoms with van der Waals surface area (Å²) < 4.78 is 0. The number of carbonyl (C=O) groups is 3. The summed E-state index contributed by atoms with van der Waals surface area (Å²) in [6.45, 7) is 4.92. The Morgan fingerprint density at radius 1 is 1.02 bits per heavy atom. The highest BCUT2D eigenvalue weighted by molar-refractivity contribution is 6.24. The van der Waals surface area contributed by atoms with Crippen molar-refractivity contribution in [2.24, 2.45) is 17.6 Å². The molecule has 2 fully saturated rings. The van der Waals surface area contributed by atoms with Crippen LogP contribution in [0.1, 0.15) is 30.5 Å². The Labute approximate surface area is 262 Å². The van der Waals surface area contributed by atoms with E-state index in [2.05, 4.69) is 29.0 Å². The Morgan fingerprint density at radius 3 is 2.27 bits per heavy atom. The number of primary amides is 1. The molecule has 1 saturated heterocycles. The minimum absolute atomic E-state index is 0. The number of ketones is 2. The van der Waals surface area contributed by atoms with Crippen LogP contribution in [0.4, 0.5) is 0 Å². The third kappa shape index (κ3) is 5.04. The van der Waals surface area contributed by atoms with Crippen molar-refractivity contribution in [2.45, 2.75) is 38.5 Å². The van der Waals surface area contributed by atoms with Gasteiger partial charge in [0.15, 0.2) is 11.4 Å². The van der Waals surface area contributed by atoms with E-state index in [0.717, 1.165) is 43.9 Å².